The van der Waals surface area contributed by atoms with Crippen LogP contribution in [0.2, 0.25) is 0 Å². The second-order valence-electron chi connectivity index (χ2n) is 2.23. The quantitative estimate of drug-likeness (QED) is 0.575. The zero-order valence-corrected chi connectivity index (χ0v) is 7.59. The van der Waals surface area contributed by atoms with Crippen LogP contribution in [-0.2, 0) is 9.47 Å². The first-order chi connectivity index (χ1) is 5.35. The van der Waals surface area contributed by atoms with E-state index in [-0.39, 0.29) is 0 Å². The zero-order chi connectivity index (χ0) is 8.53. The molecule has 0 aromatic carbocycles. The van der Waals surface area contributed by atoms with Crippen molar-refractivity contribution in [3.05, 3.63) is 0 Å². The Bertz CT molecular complexity index is 74.8. The summed E-state index contributed by atoms with van der Waals surface area (Å²) in [5.41, 5.74) is 3.06. The van der Waals surface area contributed by atoms with Crippen LogP contribution in [0.5, 0.6) is 0 Å². The Kier molecular flexibility index (Phi) is 7.83. The van der Waals surface area contributed by atoms with Crippen LogP contribution < -0.4 is 5.43 Å². The molecular formula is C7H18N2O2. The summed E-state index contributed by atoms with van der Waals surface area (Å²) >= 11 is 0. The summed E-state index contributed by atoms with van der Waals surface area (Å²) in [7, 11) is 5.19. The van der Waals surface area contributed by atoms with Crippen LogP contribution in [0, 0.1) is 0 Å². The van der Waals surface area contributed by atoms with Gasteiger partial charge in [0.05, 0.1) is 13.2 Å². The molecule has 0 saturated carbocycles. The molecule has 0 spiro atoms. The van der Waals surface area contributed by atoms with E-state index in [1.165, 1.54) is 0 Å². The van der Waals surface area contributed by atoms with Crippen molar-refractivity contribution in [1.82, 2.24) is 10.4 Å². The average molecular weight is 162 g/mol. The highest BCUT2D eigenvalue weighted by molar-refractivity contribution is 4.53. The number of hydrogen-bond acceptors (Lipinski definition) is 4. The molecule has 0 aromatic heterocycles. The van der Waals surface area contributed by atoms with E-state index in [4.69, 9.17) is 4.74 Å². The summed E-state index contributed by atoms with van der Waals surface area (Å²) in [5.74, 6) is 0. The van der Waals surface area contributed by atoms with E-state index in [0.29, 0.717) is 0 Å². The van der Waals surface area contributed by atoms with Crippen molar-refractivity contribution in [3.8, 4) is 0 Å². The van der Waals surface area contributed by atoms with E-state index in [1.54, 1.807) is 14.2 Å². The summed E-state index contributed by atoms with van der Waals surface area (Å²) < 4.78 is 9.37. The van der Waals surface area contributed by atoms with Gasteiger partial charge in [0.25, 0.3) is 0 Å². The lowest BCUT2D eigenvalue weighted by atomic mass is 10.5. The van der Waals surface area contributed by atoms with E-state index in [0.717, 1.165) is 26.3 Å². The fourth-order valence-electron chi connectivity index (χ4n) is 0.787. The summed E-state index contributed by atoms with van der Waals surface area (Å²) in [4.78, 5) is 0. The number of nitrogens with zero attached hydrogens (tertiary/aromatic N) is 1. The van der Waals surface area contributed by atoms with Gasteiger partial charge in [-0.25, -0.2) is 5.01 Å². The summed E-state index contributed by atoms with van der Waals surface area (Å²) in [6.45, 7) is 3.74. The zero-order valence-electron chi connectivity index (χ0n) is 7.59. The third-order valence-corrected chi connectivity index (χ3v) is 1.33. The lowest BCUT2D eigenvalue weighted by Gasteiger charge is -2.24. The Morgan fingerprint density at radius 1 is 1.27 bits per heavy atom. The smallest absolute Gasteiger partial charge is 0.0608 e. The summed E-state index contributed by atoms with van der Waals surface area (Å²) in [5, 5.41) is 2.14. The fraction of sp³-hybridized carbons (Fsp3) is 1.00. The number of rotatable bonds is 1. The lowest BCUT2D eigenvalue weighted by molar-refractivity contribution is 0.0171. The Balaban J connectivity index is 0.000000292. The third-order valence-electron chi connectivity index (χ3n) is 1.33. The van der Waals surface area contributed by atoms with Gasteiger partial charge < -0.3 is 9.47 Å². The van der Waals surface area contributed by atoms with Gasteiger partial charge in [0.1, 0.15) is 0 Å². The molecule has 1 aliphatic heterocycles. The SMILES string of the molecule is CNN1CCOCC1.COC. The third kappa shape index (κ3) is 6.25. The van der Waals surface area contributed by atoms with E-state index in [9.17, 15) is 0 Å². The van der Waals surface area contributed by atoms with Crippen molar-refractivity contribution in [2.24, 2.45) is 0 Å². The first-order valence-corrected chi connectivity index (χ1v) is 3.75. The number of ether oxygens (including phenoxy) is 2. The Labute approximate surface area is 68.4 Å². The molecule has 0 bridgehead atoms. The van der Waals surface area contributed by atoms with Gasteiger partial charge in [-0.3, -0.25) is 5.43 Å². The topological polar surface area (TPSA) is 33.7 Å². The monoisotopic (exact) mass is 162 g/mol. The van der Waals surface area contributed by atoms with Gasteiger partial charge in [-0.05, 0) is 7.05 Å². The molecule has 1 N–H and O–H groups in total. The molecule has 0 atom stereocenters. The van der Waals surface area contributed by atoms with E-state index >= 15 is 0 Å². The normalized spacial score (nSPS) is 18.8. The lowest BCUT2D eigenvalue weighted by Crippen LogP contribution is -2.43. The molecule has 1 rings (SSSR count). The predicted octanol–water partition coefficient (Wildman–Crippen LogP) is -0.284. The number of hydrazine groups is 1. The maximum atomic E-state index is 5.12. The van der Waals surface area contributed by atoms with Gasteiger partial charge >= 0.3 is 0 Å². The standard InChI is InChI=1S/C5H12N2O.C2H6O/c1-6-7-2-4-8-5-3-7;1-3-2/h6H,2-5H2,1H3;1-2H3. The van der Waals surface area contributed by atoms with E-state index in [1.807, 2.05) is 7.05 Å². The van der Waals surface area contributed by atoms with E-state index < -0.39 is 0 Å². The Hall–Kier alpha value is -0.160. The largest absolute Gasteiger partial charge is 0.388 e. The molecule has 0 aromatic rings. The van der Waals surface area contributed by atoms with Crippen molar-refractivity contribution in [1.29, 1.82) is 0 Å². The summed E-state index contributed by atoms with van der Waals surface area (Å²) in [6.07, 6.45) is 0. The number of methoxy groups -OCH3 is 1. The predicted molar refractivity (Wildman–Crippen MR) is 44.4 cm³/mol. The molecule has 0 amide bonds. The van der Waals surface area contributed by atoms with Crippen molar-refractivity contribution < 1.29 is 9.47 Å². The van der Waals surface area contributed by atoms with Crippen molar-refractivity contribution in [2.75, 3.05) is 47.6 Å². The summed E-state index contributed by atoms with van der Waals surface area (Å²) in [6, 6.07) is 0. The van der Waals surface area contributed by atoms with Gasteiger partial charge in [-0.15, -0.1) is 0 Å². The van der Waals surface area contributed by atoms with Crippen LogP contribution in [0.25, 0.3) is 0 Å². The van der Waals surface area contributed by atoms with Gasteiger partial charge in [0.15, 0.2) is 0 Å². The highest BCUT2D eigenvalue weighted by atomic mass is 16.5. The molecule has 1 saturated heterocycles. The maximum Gasteiger partial charge on any atom is 0.0608 e. The number of nitrogens with one attached hydrogen (secondary N) is 1. The van der Waals surface area contributed by atoms with Crippen LogP contribution >= 0.6 is 0 Å². The molecule has 1 fully saturated rings. The van der Waals surface area contributed by atoms with Crippen molar-refractivity contribution in [3.63, 3.8) is 0 Å². The van der Waals surface area contributed by atoms with Crippen LogP contribution in [0.3, 0.4) is 0 Å². The molecule has 1 aliphatic rings. The first-order valence-electron chi connectivity index (χ1n) is 3.75. The molecular weight excluding hydrogens is 144 g/mol. The van der Waals surface area contributed by atoms with Gasteiger partial charge in [-0.1, -0.05) is 0 Å². The molecule has 1 heterocycles. The minimum Gasteiger partial charge on any atom is -0.388 e. The molecule has 11 heavy (non-hydrogen) atoms. The number of morpholine rings is 1. The van der Waals surface area contributed by atoms with Gasteiger partial charge in [-0.2, -0.15) is 0 Å². The highest BCUT2D eigenvalue weighted by Crippen LogP contribution is 1.89. The minimum atomic E-state index is 0.862. The van der Waals surface area contributed by atoms with Crippen LogP contribution in [0.1, 0.15) is 0 Å². The van der Waals surface area contributed by atoms with Crippen LogP contribution in [0.15, 0.2) is 0 Å². The van der Waals surface area contributed by atoms with Crippen LogP contribution in [0.4, 0.5) is 0 Å². The molecule has 4 nitrogen and oxygen atoms in total. The maximum absolute atomic E-state index is 5.12. The van der Waals surface area contributed by atoms with Crippen molar-refractivity contribution >= 4 is 0 Å². The Morgan fingerprint density at radius 3 is 2.00 bits per heavy atom. The van der Waals surface area contributed by atoms with Crippen LogP contribution in [-0.4, -0.2) is 52.6 Å². The highest BCUT2D eigenvalue weighted by Gasteiger charge is 2.05. The first kappa shape index (κ1) is 10.8. The molecule has 0 unspecified atom stereocenters. The van der Waals surface area contributed by atoms with E-state index in [2.05, 4.69) is 15.2 Å². The minimum absolute atomic E-state index is 0.862. The number of hydrogen-bond donors (Lipinski definition) is 1. The molecule has 0 aliphatic carbocycles. The average Bonchev–Trinajstić information content (AvgIpc) is 2.08. The second kappa shape index (κ2) is 7.94. The van der Waals surface area contributed by atoms with Gasteiger partial charge in [0, 0.05) is 27.3 Å². The Morgan fingerprint density at radius 2 is 1.73 bits per heavy atom. The fourth-order valence-corrected chi connectivity index (χ4v) is 0.787. The molecule has 4 heteroatoms. The molecule has 68 valence electrons. The second-order valence-corrected chi connectivity index (χ2v) is 2.23. The van der Waals surface area contributed by atoms with Crippen molar-refractivity contribution in [2.45, 2.75) is 0 Å². The van der Waals surface area contributed by atoms with Gasteiger partial charge in [0.2, 0.25) is 0 Å². The molecule has 0 radical (unpaired) electrons.